The summed E-state index contributed by atoms with van der Waals surface area (Å²) in [5.74, 6) is 2.02. The number of nitrogens with one attached hydrogen (secondary N) is 1. The van der Waals surface area contributed by atoms with Gasteiger partial charge in [-0.05, 0) is 36.5 Å². The predicted molar refractivity (Wildman–Crippen MR) is 131 cm³/mol. The number of aromatic nitrogens is 4. The fourth-order valence-electron chi connectivity index (χ4n) is 4.06. The molecular weight excluding hydrogens is 448 g/mol. The van der Waals surface area contributed by atoms with Gasteiger partial charge in [0.05, 0.1) is 18.3 Å². The highest BCUT2D eigenvalue weighted by Gasteiger charge is 2.25. The summed E-state index contributed by atoms with van der Waals surface area (Å²) in [5, 5.41) is 12.4. The largest absolute Gasteiger partial charge is 0.349 e. The van der Waals surface area contributed by atoms with Gasteiger partial charge in [-0.1, -0.05) is 62.0 Å². The molecular formula is C25H30N6O2S. The number of amides is 2. The van der Waals surface area contributed by atoms with E-state index in [1.165, 1.54) is 11.8 Å². The monoisotopic (exact) mass is 478 g/mol. The Morgan fingerprint density at radius 1 is 1.12 bits per heavy atom. The van der Waals surface area contributed by atoms with E-state index in [0.717, 1.165) is 24.9 Å². The molecule has 0 saturated carbocycles. The van der Waals surface area contributed by atoms with Crippen molar-refractivity contribution in [1.29, 1.82) is 0 Å². The van der Waals surface area contributed by atoms with Crippen molar-refractivity contribution in [3.05, 3.63) is 66.1 Å². The van der Waals surface area contributed by atoms with E-state index in [1.54, 1.807) is 11.1 Å². The van der Waals surface area contributed by atoms with Gasteiger partial charge < -0.3 is 10.2 Å². The highest BCUT2D eigenvalue weighted by molar-refractivity contribution is 7.99. The summed E-state index contributed by atoms with van der Waals surface area (Å²) < 4.78 is 1.84. The van der Waals surface area contributed by atoms with Crippen molar-refractivity contribution in [1.82, 2.24) is 30.0 Å². The smallest absolute Gasteiger partial charge is 0.230 e. The number of benzene rings is 1. The molecule has 4 rings (SSSR count). The lowest BCUT2D eigenvalue weighted by molar-refractivity contribution is -0.128. The van der Waals surface area contributed by atoms with Crippen LogP contribution in [0.2, 0.25) is 0 Å². The third kappa shape index (κ3) is 6.02. The van der Waals surface area contributed by atoms with Crippen LogP contribution in [0.4, 0.5) is 0 Å². The van der Waals surface area contributed by atoms with Gasteiger partial charge in [-0.3, -0.25) is 14.2 Å². The second kappa shape index (κ2) is 11.3. The molecule has 178 valence electrons. The molecule has 0 aliphatic carbocycles. The summed E-state index contributed by atoms with van der Waals surface area (Å²) >= 11 is 1.32. The van der Waals surface area contributed by atoms with Crippen LogP contribution in [-0.2, 0) is 16.1 Å². The molecule has 3 heterocycles. The number of pyridine rings is 1. The third-order valence-electron chi connectivity index (χ3n) is 5.66. The first-order valence-electron chi connectivity index (χ1n) is 11.6. The number of rotatable bonds is 10. The second-order valence-corrected chi connectivity index (χ2v) is 9.73. The molecule has 1 fully saturated rings. The number of hydrogen-bond acceptors (Lipinski definition) is 6. The first-order valence-corrected chi connectivity index (χ1v) is 12.6. The minimum atomic E-state index is -0.0636. The molecule has 1 N–H and O–H groups in total. The van der Waals surface area contributed by atoms with Gasteiger partial charge in [-0.15, -0.1) is 10.2 Å². The lowest BCUT2D eigenvalue weighted by Crippen LogP contribution is -2.31. The summed E-state index contributed by atoms with van der Waals surface area (Å²) in [4.78, 5) is 31.3. The van der Waals surface area contributed by atoms with E-state index in [2.05, 4.69) is 34.3 Å². The summed E-state index contributed by atoms with van der Waals surface area (Å²) in [5.41, 5.74) is 1.10. The Morgan fingerprint density at radius 3 is 2.59 bits per heavy atom. The van der Waals surface area contributed by atoms with Gasteiger partial charge in [0.25, 0.3) is 0 Å². The topological polar surface area (TPSA) is 93.0 Å². The molecule has 1 saturated heterocycles. The molecule has 2 amide bonds. The molecule has 1 aliphatic rings. The van der Waals surface area contributed by atoms with Gasteiger partial charge in [-0.25, -0.2) is 4.98 Å². The maximum absolute atomic E-state index is 12.9. The van der Waals surface area contributed by atoms with Gasteiger partial charge in [0.15, 0.2) is 11.0 Å². The molecule has 3 aromatic rings. The normalized spacial score (nSPS) is 14.6. The first kappa shape index (κ1) is 23.9. The van der Waals surface area contributed by atoms with Crippen LogP contribution in [0.15, 0.2) is 59.9 Å². The van der Waals surface area contributed by atoms with Crippen LogP contribution in [-0.4, -0.2) is 48.8 Å². The van der Waals surface area contributed by atoms with Crippen molar-refractivity contribution in [2.75, 3.05) is 12.3 Å². The molecule has 2 aromatic heterocycles. The Kier molecular flexibility index (Phi) is 7.95. The van der Waals surface area contributed by atoms with Crippen LogP contribution >= 0.6 is 11.8 Å². The summed E-state index contributed by atoms with van der Waals surface area (Å²) in [7, 11) is 0. The molecule has 1 aliphatic heterocycles. The Hall–Kier alpha value is -3.20. The van der Waals surface area contributed by atoms with E-state index in [0.29, 0.717) is 35.7 Å². The molecule has 9 heteroatoms. The van der Waals surface area contributed by atoms with E-state index < -0.39 is 0 Å². The zero-order chi connectivity index (χ0) is 23.9. The van der Waals surface area contributed by atoms with Crippen LogP contribution < -0.4 is 5.32 Å². The van der Waals surface area contributed by atoms with Gasteiger partial charge >= 0.3 is 0 Å². The van der Waals surface area contributed by atoms with Crippen LogP contribution in [0.5, 0.6) is 0 Å². The zero-order valence-electron chi connectivity index (χ0n) is 19.6. The molecule has 1 atom stereocenters. The Balaban J connectivity index is 1.48. The lowest BCUT2D eigenvalue weighted by atomic mass is 9.97. The van der Waals surface area contributed by atoms with Crippen LogP contribution in [0.3, 0.4) is 0 Å². The minimum absolute atomic E-state index is 0.0419. The van der Waals surface area contributed by atoms with E-state index in [4.69, 9.17) is 0 Å². The maximum Gasteiger partial charge on any atom is 0.230 e. The zero-order valence-corrected chi connectivity index (χ0v) is 20.4. The Labute approximate surface area is 204 Å². The van der Waals surface area contributed by atoms with Crippen LogP contribution in [0.1, 0.15) is 50.5 Å². The van der Waals surface area contributed by atoms with Crippen LogP contribution in [0.25, 0.3) is 5.82 Å². The number of hydrogen-bond donors (Lipinski definition) is 1. The Bertz CT molecular complexity index is 1100. The predicted octanol–water partition coefficient (Wildman–Crippen LogP) is 3.78. The lowest BCUT2D eigenvalue weighted by Gasteiger charge is -2.21. The van der Waals surface area contributed by atoms with E-state index in [1.807, 2.05) is 53.1 Å². The van der Waals surface area contributed by atoms with Crippen molar-refractivity contribution in [3.8, 4) is 5.82 Å². The molecule has 1 aromatic carbocycles. The SMILES string of the molecule is CC(C)CC(NC(=O)CSc1nnc(CN2CCCC2=O)n1-c1ccccn1)c1ccccc1. The van der Waals surface area contributed by atoms with Gasteiger partial charge in [-0.2, -0.15) is 0 Å². The number of thioether (sulfide) groups is 1. The minimum Gasteiger partial charge on any atom is -0.349 e. The highest BCUT2D eigenvalue weighted by atomic mass is 32.2. The maximum atomic E-state index is 12.9. The van der Waals surface area contributed by atoms with Gasteiger partial charge in [0.1, 0.15) is 5.82 Å². The average Bonchev–Trinajstić information content (AvgIpc) is 3.44. The number of likely N-dealkylation sites (tertiary alicyclic amines) is 1. The highest BCUT2D eigenvalue weighted by Crippen LogP contribution is 2.25. The van der Waals surface area contributed by atoms with Crippen molar-refractivity contribution >= 4 is 23.6 Å². The number of carbonyl (C=O) groups is 2. The van der Waals surface area contributed by atoms with Crippen molar-refractivity contribution in [2.45, 2.75) is 50.9 Å². The standard InChI is InChI=1S/C25H30N6O2S/c1-18(2)15-20(19-9-4-3-5-10-19)27-23(32)17-34-25-29-28-22(16-30-14-8-12-24(30)33)31(25)21-11-6-7-13-26-21/h3-7,9-11,13,18,20H,8,12,14-17H2,1-2H3,(H,27,32). The molecule has 0 radical (unpaired) electrons. The Morgan fingerprint density at radius 2 is 1.91 bits per heavy atom. The molecule has 8 nitrogen and oxygen atoms in total. The quantitative estimate of drug-likeness (QED) is 0.446. The molecule has 1 unspecified atom stereocenters. The first-order chi connectivity index (χ1) is 16.5. The number of carbonyl (C=O) groups excluding carboxylic acids is 2. The van der Waals surface area contributed by atoms with Crippen molar-refractivity contribution < 1.29 is 9.59 Å². The van der Waals surface area contributed by atoms with Crippen molar-refractivity contribution in [2.24, 2.45) is 5.92 Å². The third-order valence-corrected chi connectivity index (χ3v) is 6.59. The van der Waals surface area contributed by atoms with E-state index in [-0.39, 0.29) is 23.6 Å². The molecule has 34 heavy (non-hydrogen) atoms. The summed E-state index contributed by atoms with van der Waals surface area (Å²) in [6.45, 7) is 5.40. The molecule has 0 bridgehead atoms. The summed E-state index contributed by atoms with van der Waals surface area (Å²) in [6.07, 6.45) is 3.99. The van der Waals surface area contributed by atoms with E-state index >= 15 is 0 Å². The fraction of sp³-hybridized carbons (Fsp3) is 0.400. The summed E-state index contributed by atoms with van der Waals surface area (Å²) in [6, 6.07) is 15.6. The number of nitrogens with zero attached hydrogens (tertiary/aromatic N) is 5. The van der Waals surface area contributed by atoms with Crippen molar-refractivity contribution in [3.63, 3.8) is 0 Å². The van der Waals surface area contributed by atoms with Gasteiger partial charge in [0, 0.05) is 19.2 Å². The van der Waals surface area contributed by atoms with Gasteiger partial charge in [0.2, 0.25) is 11.8 Å². The molecule has 0 spiro atoms. The van der Waals surface area contributed by atoms with E-state index in [9.17, 15) is 9.59 Å². The average molecular weight is 479 g/mol. The van der Waals surface area contributed by atoms with Crippen LogP contribution in [0, 0.1) is 5.92 Å². The fourth-order valence-corrected chi connectivity index (χ4v) is 4.83. The second-order valence-electron chi connectivity index (χ2n) is 8.79.